The van der Waals surface area contributed by atoms with Crippen molar-refractivity contribution in [3.63, 3.8) is 0 Å². The molecule has 0 saturated carbocycles. The summed E-state index contributed by atoms with van der Waals surface area (Å²) in [6.45, 7) is 0.984. The summed E-state index contributed by atoms with van der Waals surface area (Å²) in [5, 5.41) is 3.08. The molecule has 0 bridgehead atoms. The molecule has 5 heteroatoms. The highest BCUT2D eigenvalue weighted by Crippen LogP contribution is 2.24. The molecule has 0 amide bonds. The molecule has 0 aliphatic carbocycles. The lowest BCUT2D eigenvalue weighted by Crippen LogP contribution is -2.12. The average Bonchev–Trinajstić information content (AvgIpc) is 2.52. The quantitative estimate of drug-likeness (QED) is 0.794. The Morgan fingerprint density at radius 1 is 0.952 bits per heavy atom. The molecule has 0 fully saturated rings. The Labute approximate surface area is 123 Å². The van der Waals surface area contributed by atoms with Gasteiger partial charge in [-0.3, -0.25) is 0 Å². The summed E-state index contributed by atoms with van der Waals surface area (Å²) >= 11 is 0. The number of rotatable bonds is 7. The SMILES string of the molecule is COc1ccc(OCCNc2cc(F)ccc2OC)cc1. The first-order valence-electron chi connectivity index (χ1n) is 6.57. The molecular formula is C16H18FNO3. The number of hydrogen-bond acceptors (Lipinski definition) is 4. The summed E-state index contributed by atoms with van der Waals surface area (Å²) in [5.41, 5.74) is 0.607. The summed E-state index contributed by atoms with van der Waals surface area (Å²) in [6.07, 6.45) is 0. The third kappa shape index (κ3) is 4.27. The minimum atomic E-state index is -0.311. The minimum absolute atomic E-state index is 0.311. The van der Waals surface area contributed by atoms with Crippen LogP contribution >= 0.6 is 0 Å². The van der Waals surface area contributed by atoms with Crippen LogP contribution in [-0.4, -0.2) is 27.4 Å². The Hall–Kier alpha value is -2.43. The summed E-state index contributed by atoms with van der Waals surface area (Å²) in [5.74, 6) is 1.82. The number of halogens is 1. The largest absolute Gasteiger partial charge is 0.497 e. The molecule has 0 unspecified atom stereocenters. The molecule has 0 aliphatic rings. The van der Waals surface area contributed by atoms with E-state index in [0.717, 1.165) is 11.5 Å². The molecule has 1 N–H and O–H groups in total. The predicted molar refractivity (Wildman–Crippen MR) is 79.9 cm³/mol. The van der Waals surface area contributed by atoms with Gasteiger partial charge in [-0.15, -0.1) is 0 Å². The lowest BCUT2D eigenvalue weighted by molar-refractivity contribution is 0.331. The van der Waals surface area contributed by atoms with E-state index >= 15 is 0 Å². The smallest absolute Gasteiger partial charge is 0.142 e. The van der Waals surface area contributed by atoms with Crippen molar-refractivity contribution in [2.45, 2.75) is 0 Å². The first-order chi connectivity index (χ1) is 10.2. The van der Waals surface area contributed by atoms with E-state index in [1.165, 1.54) is 12.1 Å². The fourth-order valence-corrected chi connectivity index (χ4v) is 1.84. The normalized spacial score (nSPS) is 10.0. The maximum atomic E-state index is 13.2. The van der Waals surface area contributed by atoms with Crippen LogP contribution in [-0.2, 0) is 0 Å². The summed E-state index contributed by atoms with van der Waals surface area (Å²) < 4.78 is 29.0. The van der Waals surface area contributed by atoms with E-state index in [1.54, 1.807) is 20.3 Å². The fraction of sp³-hybridized carbons (Fsp3) is 0.250. The number of benzene rings is 2. The molecule has 0 aliphatic heterocycles. The van der Waals surface area contributed by atoms with Crippen molar-refractivity contribution in [3.8, 4) is 17.2 Å². The number of methoxy groups -OCH3 is 2. The summed E-state index contributed by atoms with van der Waals surface area (Å²) in [6, 6.07) is 11.7. The second kappa shape index (κ2) is 7.38. The van der Waals surface area contributed by atoms with E-state index in [2.05, 4.69) is 5.32 Å². The van der Waals surface area contributed by atoms with Gasteiger partial charge < -0.3 is 19.5 Å². The van der Waals surface area contributed by atoms with Crippen molar-refractivity contribution in [2.24, 2.45) is 0 Å². The van der Waals surface area contributed by atoms with Gasteiger partial charge >= 0.3 is 0 Å². The van der Waals surface area contributed by atoms with Crippen molar-refractivity contribution < 1.29 is 18.6 Å². The van der Waals surface area contributed by atoms with E-state index in [4.69, 9.17) is 14.2 Å². The first kappa shape index (κ1) is 15.0. The Morgan fingerprint density at radius 2 is 1.67 bits per heavy atom. The van der Waals surface area contributed by atoms with E-state index in [-0.39, 0.29) is 5.82 Å². The lowest BCUT2D eigenvalue weighted by atomic mass is 10.3. The maximum Gasteiger partial charge on any atom is 0.142 e. The van der Waals surface area contributed by atoms with E-state index < -0.39 is 0 Å². The van der Waals surface area contributed by atoms with E-state index in [9.17, 15) is 4.39 Å². The highest BCUT2D eigenvalue weighted by Gasteiger charge is 2.03. The molecule has 0 heterocycles. The molecule has 0 atom stereocenters. The van der Waals surface area contributed by atoms with Crippen LogP contribution in [0.3, 0.4) is 0 Å². The third-order valence-electron chi connectivity index (χ3n) is 2.91. The van der Waals surface area contributed by atoms with Crippen LogP contribution in [0, 0.1) is 5.82 Å². The van der Waals surface area contributed by atoms with Crippen LogP contribution in [0.15, 0.2) is 42.5 Å². The predicted octanol–water partition coefficient (Wildman–Crippen LogP) is 3.33. The molecule has 0 spiro atoms. The molecule has 0 saturated heterocycles. The molecule has 21 heavy (non-hydrogen) atoms. The van der Waals surface area contributed by atoms with E-state index in [1.807, 2.05) is 24.3 Å². The van der Waals surface area contributed by atoms with Crippen LogP contribution in [0.2, 0.25) is 0 Å². The minimum Gasteiger partial charge on any atom is -0.497 e. The van der Waals surface area contributed by atoms with Crippen molar-refractivity contribution in [1.29, 1.82) is 0 Å². The van der Waals surface area contributed by atoms with Crippen molar-refractivity contribution in [1.82, 2.24) is 0 Å². The van der Waals surface area contributed by atoms with Gasteiger partial charge in [-0.05, 0) is 36.4 Å². The van der Waals surface area contributed by atoms with Crippen molar-refractivity contribution >= 4 is 5.69 Å². The molecule has 2 rings (SSSR count). The zero-order valence-corrected chi connectivity index (χ0v) is 12.1. The molecule has 0 radical (unpaired) electrons. The second-order valence-corrected chi connectivity index (χ2v) is 4.30. The van der Waals surface area contributed by atoms with Crippen molar-refractivity contribution in [2.75, 3.05) is 32.7 Å². The fourth-order valence-electron chi connectivity index (χ4n) is 1.84. The monoisotopic (exact) mass is 291 g/mol. The highest BCUT2D eigenvalue weighted by atomic mass is 19.1. The number of ether oxygens (including phenoxy) is 3. The van der Waals surface area contributed by atoms with Gasteiger partial charge in [-0.25, -0.2) is 4.39 Å². The molecule has 2 aromatic rings. The number of hydrogen-bond donors (Lipinski definition) is 1. The Bertz CT molecular complexity index is 572. The Balaban J connectivity index is 1.82. The van der Waals surface area contributed by atoms with Gasteiger partial charge in [0.25, 0.3) is 0 Å². The van der Waals surface area contributed by atoms with Crippen LogP contribution in [0.4, 0.5) is 10.1 Å². The van der Waals surface area contributed by atoms with Gasteiger partial charge in [0.05, 0.1) is 19.9 Å². The van der Waals surface area contributed by atoms with Crippen LogP contribution < -0.4 is 19.5 Å². The zero-order valence-electron chi connectivity index (χ0n) is 12.1. The van der Waals surface area contributed by atoms with Crippen molar-refractivity contribution in [3.05, 3.63) is 48.3 Å². The van der Waals surface area contributed by atoms with Gasteiger partial charge in [-0.2, -0.15) is 0 Å². The van der Waals surface area contributed by atoms with Gasteiger partial charge in [0.2, 0.25) is 0 Å². The summed E-state index contributed by atoms with van der Waals surface area (Å²) in [7, 11) is 3.17. The zero-order chi connectivity index (χ0) is 15.1. The topological polar surface area (TPSA) is 39.7 Å². The average molecular weight is 291 g/mol. The van der Waals surface area contributed by atoms with Crippen LogP contribution in [0.1, 0.15) is 0 Å². The standard InChI is InChI=1S/C16H18FNO3/c1-19-13-4-6-14(7-5-13)21-10-9-18-15-11-12(17)3-8-16(15)20-2/h3-8,11,18H,9-10H2,1-2H3. The number of anilines is 1. The van der Waals surface area contributed by atoms with E-state index in [0.29, 0.717) is 24.6 Å². The van der Waals surface area contributed by atoms with Gasteiger partial charge in [-0.1, -0.05) is 0 Å². The van der Waals surface area contributed by atoms with Crippen LogP contribution in [0.5, 0.6) is 17.2 Å². The maximum absolute atomic E-state index is 13.2. The third-order valence-corrected chi connectivity index (χ3v) is 2.91. The van der Waals surface area contributed by atoms with Gasteiger partial charge in [0.15, 0.2) is 0 Å². The Morgan fingerprint density at radius 3 is 2.33 bits per heavy atom. The van der Waals surface area contributed by atoms with Crippen LogP contribution in [0.25, 0.3) is 0 Å². The molecular weight excluding hydrogens is 273 g/mol. The van der Waals surface area contributed by atoms with Gasteiger partial charge in [0.1, 0.15) is 29.7 Å². The molecule has 2 aromatic carbocycles. The van der Waals surface area contributed by atoms with Gasteiger partial charge in [0, 0.05) is 12.6 Å². The highest BCUT2D eigenvalue weighted by molar-refractivity contribution is 5.56. The lowest BCUT2D eigenvalue weighted by Gasteiger charge is -2.12. The second-order valence-electron chi connectivity index (χ2n) is 4.30. The molecule has 112 valence electrons. The first-order valence-corrected chi connectivity index (χ1v) is 6.57. The number of nitrogens with one attached hydrogen (secondary N) is 1. The molecule has 0 aromatic heterocycles. The Kier molecular flexibility index (Phi) is 5.26. The molecule has 4 nitrogen and oxygen atoms in total. The summed E-state index contributed by atoms with van der Waals surface area (Å²) in [4.78, 5) is 0.